The Bertz CT molecular complexity index is 418. The quantitative estimate of drug-likeness (QED) is 0.309. The van der Waals surface area contributed by atoms with Crippen LogP contribution in [0.4, 0.5) is 0 Å². The van der Waals surface area contributed by atoms with Crippen molar-refractivity contribution in [1.29, 1.82) is 0 Å². The Hall–Kier alpha value is -0.490. The first-order valence-electron chi connectivity index (χ1n) is 10.9. The van der Waals surface area contributed by atoms with Crippen molar-refractivity contribution >= 4 is 11.6 Å². The molecular weight excluding hydrogens is 324 g/mol. The number of rotatable bonds is 14. The van der Waals surface area contributed by atoms with Gasteiger partial charge in [-0.1, -0.05) is 103 Å². The lowest BCUT2D eigenvalue weighted by Gasteiger charge is -2.43. The standard InChI is InChI=1S/C24H41Cl/c1-5-9-13-21(14-10-6-2)24(19-11-7-3,20-12-8-4)22-15-17-23(25)18-16-22/h15-18,21H,5-14,19-20H2,1-4H3. The zero-order valence-corrected chi connectivity index (χ0v) is 18.0. The number of hydrogen-bond acceptors (Lipinski definition) is 0. The third-order valence-corrected chi connectivity index (χ3v) is 6.22. The van der Waals surface area contributed by atoms with Crippen LogP contribution < -0.4 is 0 Å². The van der Waals surface area contributed by atoms with E-state index in [1.165, 1.54) is 77.0 Å². The van der Waals surface area contributed by atoms with Gasteiger partial charge in [0.25, 0.3) is 0 Å². The third kappa shape index (κ3) is 6.97. The average Bonchev–Trinajstić information content (AvgIpc) is 2.63. The molecule has 0 radical (unpaired) electrons. The van der Waals surface area contributed by atoms with E-state index in [0.717, 1.165) is 10.9 Å². The highest BCUT2D eigenvalue weighted by Crippen LogP contribution is 2.46. The lowest BCUT2D eigenvalue weighted by molar-refractivity contribution is 0.188. The Morgan fingerprint density at radius 2 is 1.16 bits per heavy atom. The summed E-state index contributed by atoms with van der Waals surface area (Å²) in [6.45, 7) is 9.33. The van der Waals surface area contributed by atoms with E-state index in [2.05, 4.69) is 52.0 Å². The minimum atomic E-state index is 0.348. The van der Waals surface area contributed by atoms with Gasteiger partial charge < -0.3 is 0 Å². The average molecular weight is 365 g/mol. The van der Waals surface area contributed by atoms with Gasteiger partial charge in [0, 0.05) is 5.02 Å². The van der Waals surface area contributed by atoms with E-state index < -0.39 is 0 Å². The van der Waals surface area contributed by atoms with Gasteiger partial charge in [-0.3, -0.25) is 0 Å². The predicted octanol–water partition coefficient (Wildman–Crippen LogP) is 8.95. The molecule has 0 bridgehead atoms. The van der Waals surface area contributed by atoms with E-state index in [9.17, 15) is 0 Å². The summed E-state index contributed by atoms with van der Waals surface area (Å²) in [6, 6.07) is 8.89. The molecule has 0 atom stereocenters. The second kappa shape index (κ2) is 12.8. The molecular formula is C24H41Cl. The summed E-state index contributed by atoms with van der Waals surface area (Å²) in [6.07, 6.45) is 16.0. The molecule has 1 rings (SSSR count). The van der Waals surface area contributed by atoms with Crippen LogP contribution in [-0.2, 0) is 5.41 Å². The zero-order valence-electron chi connectivity index (χ0n) is 17.2. The maximum Gasteiger partial charge on any atom is 0.0406 e. The van der Waals surface area contributed by atoms with Crippen molar-refractivity contribution in [3.05, 3.63) is 34.9 Å². The minimum Gasteiger partial charge on any atom is -0.0843 e. The fraction of sp³-hybridized carbons (Fsp3) is 0.750. The Balaban J connectivity index is 3.27. The molecule has 0 unspecified atom stereocenters. The Kier molecular flexibility index (Phi) is 11.5. The van der Waals surface area contributed by atoms with Crippen LogP contribution in [0.15, 0.2) is 24.3 Å². The molecule has 25 heavy (non-hydrogen) atoms. The van der Waals surface area contributed by atoms with Crippen molar-refractivity contribution in [1.82, 2.24) is 0 Å². The van der Waals surface area contributed by atoms with Crippen LogP contribution in [0.3, 0.4) is 0 Å². The molecule has 0 aliphatic rings. The summed E-state index contributed by atoms with van der Waals surface area (Å²) < 4.78 is 0. The van der Waals surface area contributed by atoms with Gasteiger partial charge >= 0.3 is 0 Å². The van der Waals surface area contributed by atoms with Gasteiger partial charge in [0.05, 0.1) is 0 Å². The molecule has 0 aliphatic heterocycles. The normalized spacial score (nSPS) is 12.1. The SMILES string of the molecule is CCCCC(CCCC)C(CCCC)(CCCC)c1ccc(Cl)cc1. The minimum absolute atomic E-state index is 0.348. The van der Waals surface area contributed by atoms with Gasteiger partial charge in [0.15, 0.2) is 0 Å². The van der Waals surface area contributed by atoms with Crippen LogP contribution in [0.5, 0.6) is 0 Å². The van der Waals surface area contributed by atoms with Gasteiger partial charge in [-0.2, -0.15) is 0 Å². The Labute approximate surface area is 162 Å². The largest absolute Gasteiger partial charge is 0.0843 e. The fourth-order valence-electron chi connectivity index (χ4n) is 4.42. The zero-order chi connectivity index (χ0) is 18.5. The second-order valence-electron chi connectivity index (χ2n) is 7.85. The van der Waals surface area contributed by atoms with Crippen molar-refractivity contribution in [3.63, 3.8) is 0 Å². The van der Waals surface area contributed by atoms with Crippen LogP contribution in [0, 0.1) is 5.92 Å². The van der Waals surface area contributed by atoms with Crippen LogP contribution in [0.2, 0.25) is 5.02 Å². The first-order valence-corrected chi connectivity index (χ1v) is 11.3. The van der Waals surface area contributed by atoms with Crippen molar-refractivity contribution < 1.29 is 0 Å². The summed E-state index contributed by atoms with van der Waals surface area (Å²) in [5, 5.41) is 0.863. The molecule has 0 fully saturated rings. The highest BCUT2D eigenvalue weighted by Gasteiger charge is 2.38. The highest BCUT2D eigenvalue weighted by atomic mass is 35.5. The second-order valence-corrected chi connectivity index (χ2v) is 8.29. The van der Waals surface area contributed by atoms with Gasteiger partial charge in [0.1, 0.15) is 0 Å². The monoisotopic (exact) mass is 364 g/mol. The lowest BCUT2D eigenvalue weighted by Crippen LogP contribution is -2.36. The number of benzene rings is 1. The summed E-state index contributed by atoms with van der Waals surface area (Å²) >= 11 is 6.22. The van der Waals surface area contributed by atoms with Gasteiger partial charge in [-0.15, -0.1) is 0 Å². The molecule has 1 aromatic carbocycles. The Morgan fingerprint density at radius 1 is 0.720 bits per heavy atom. The molecule has 0 N–H and O–H groups in total. The topological polar surface area (TPSA) is 0 Å². The van der Waals surface area contributed by atoms with Crippen molar-refractivity contribution in [3.8, 4) is 0 Å². The molecule has 144 valence electrons. The van der Waals surface area contributed by atoms with E-state index in [1.54, 1.807) is 5.56 Å². The summed E-state index contributed by atoms with van der Waals surface area (Å²) in [5.41, 5.74) is 1.90. The Morgan fingerprint density at radius 3 is 1.56 bits per heavy atom. The first-order chi connectivity index (χ1) is 12.1. The third-order valence-electron chi connectivity index (χ3n) is 5.97. The van der Waals surface area contributed by atoms with E-state index in [-0.39, 0.29) is 0 Å². The number of hydrogen-bond donors (Lipinski definition) is 0. The summed E-state index contributed by atoms with van der Waals surface area (Å²) in [7, 11) is 0. The molecule has 0 amide bonds. The number of unbranched alkanes of at least 4 members (excludes halogenated alkanes) is 4. The molecule has 0 spiro atoms. The van der Waals surface area contributed by atoms with Crippen LogP contribution in [0.1, 0.15) is 110 Å². The fourth-order valence-corrected chi connectivity index (χ4v) is 4.55. The van der Waals surface area contributed by atoms with Crippen LogP contribution in [-0.4, -0.2) is 0 Å². The summed E-state index contributed by atoms with van der Waals surface area (Å²) in [4.78, 5) is 0. The van der Waals surface area contributed by atoms with Crippen molar-refractivity contribution in [2.45, 2.75) is 110 Å². The molecule has 0 saturated carbocycles. The smallest absolute Gasteiger partial charge is 0.0406 e. The maximum atomic E-state index is 6.22. The molecule has 0 nitrogen and oxygen atoms in total. The van der Waals surface area contributed by atoms with E-state index in [1.807, 2.05) is 0 Å². The molecule has 1 aromatic rings. The first kappa shape index (κ1) is 22.6. The predicted molar refractivity (Wildman–Crippen MR) is 115 cm³/mol. The highest BCUT2D eigenvalue weighted by molar-refractivity contribution is 6.30. The molecule has 1 heteroatoms. The van der Waals surface area contributed by atoms with Crippen LogP contribution in [0.25, 0.3) is 0 Å². The van der Waals surface area contributed by atoms with E-state index >= 15 is 0 Å². The maximum absolute atomic E-state index is 6.22. The van der Waals surface area contributed by atoms with Gasteiger partial charge in [0.2, 0.25) is 0 Å². The molecule has 0 saturated heterocycles. The lowest BCUT2D eigenvalue weighted by atomic mass is 9.61. The van der Waals surface area contributed by atoms with Gasteiger partial charge in [-0.25, -0.2) is 0 Å². The van der Waals surface area contributed by atoms with E-state index in [4.69, 9.17) is 11.6 Å². The van der Waals surface area contributed by atoms with Gasteiger partial charge in [-0.05, 0) is 54.7 Å². The molecule has 0 aromatic heterocycles. The van der Waals surface area contributed by atoms with Crippen molar-refractivity contribution in [2.75, 3.05) is 0 Å². The molecule has 0 heterocycles. The van der Waals surface area contributed by atoms with Crippen LogP contribution >= 0.6 is 11.6 Å². The summed E-state index contributed by atoms with van der Waals surface area (Å²) in [5.74, 6) is 0.812. The molecule has 0 aliphatic carbocycles. The number of halogens is 1. The van der Waals surface area contributed by atoms with E-state index in [0.29, 0.717) is 5.41 Å². The van der Waals surface area contributed by atoms with Crippen molar-refractivity contribution in [2.24, 2.45) is 5.92 Å².